The Labute approximate surface area is 178 Å². The first-order valence-corrected chi connectivity index (χ1v) is 10.2. The van der Waals surface area contributed by atoms with E-state index in [1.165, 1.54) is 12.1 Å². The molecule has 0 saturated carbocycles. The number of hydrogen-bond acceptors (Lipinski definition) is 5. The number of fused-ring (bicyclic) bond motifs is 3. The molecule has 1 aliphatic carbocycles. The molecule has 1 aliphatic heterocycles. The predicted molar refractivity (Wildman–Crippen MR) is 116 cm³/mol. The minimum atomic E-state index is -0.507. The third kappa shape index (κ3) is 3.15. The van der Waals surface area contributed by atoms with E-state index in [1.807, 2.05) is 38.1 Å². The lowest BCUT2D eigenvalue weighted by atomic mass is 9.69. The molecular weight excluding hydrogens is 394 g/mol. The Morgan fingerprint density at radius 3 is 2.65 bits per heavy atom. The van der Waals surface area contributed by atoms with E-state index in [0.29, 0.717) is 35.5 Å². The number of nitro groups is 1. The number of hydrogen-bond donors (Lipinski definition) is 1. The van der Waals surface area contributed by atoms with Crippen LogP contribution in [-0.4, -0.2) is 15.8 Å². The molecular formula is C25H21NO5. The molecule has 1 heterocycles. The monoisotopic (exact) mass is 415 g/mol. The lowest BCUT2D eigenvalue weighted by Gasteiger charge is -2.38. The van der Waals surface area contributed by atoms with Crippen LogP contribution in [0.1, 0.15) is 43.7 Å². The predicted octanol–water partition coefficient (Wildman–Crippen LogP) is 5.62. The second-order valence-electron chi connectivity index (χ2n) is 9.05. The molecule has 5 rings (SSSR count). The van der Waals surface area contributed by atoms with Crippen molar-refractivity contribution in [3.05, 3.63) is 87.2 Å². The Hall–Kier alpha value is -3.67. The van der Waals surface area contributed by atoms with Crippen molar-refractivity contribution < 1.29 is 19.6 Å². The number of phenolic OH excluding ortho intramolecular Hbond substituents is 1. The van der Waals surface area contributed by atoms with Gasteiger partial charge >= 0.3 is 0 Å². The molecule has 0 radical (unpaired) electrons. The zero-order chi connectivity index (χ0) is 21.9. The number of phenols is 1. The number of non-ortho nitro benzene ring substituents is 1. The normalized spacial score (nSPS) is 19.5. The van der Waals surface area contributed by atoms with Gasteiger partial charge in [-0.2, -0.15) is 0 Å². The van der Waals surface area contributed by atoms with Crippen LogP contribution in [0, 0.1) is 15.5 Å². The smallest absolute Gasteiger partial charge is 0.269 e. The van der Waals surface area contributed by atoms with Crippen LogP contribution in [0.25, 0.3) is 10.8 Å². The van der Waals surface area contributed by atoms with E-state index in [1.54, 1.807) is 18.2 Å². The summed E-state index contributed by atoms with van der Waals surface area (Å²) in [5.41, 5.74) is 1.72. The second kappa shape index (κ2) is 6.67. The van der Waals surface area contributed by atoms with E-state index < -0.39 is 10.8 Å². The molecule has 0 bridgehead atoms. The first kappa shape index (κ1) is 19.3. The van der Waals surface area contributed by atoms with Gasteiger partial charge in [-0.05, 0) is 39.9 Å². The number of Topliss-reactive ketones (excluding diaryl/α,β-unsaturated/α-hetero) is 1. The van der Waals surface area contributed by atoms with Crippen molar-refractivity contribution in [3.63, 3.8) is 0 Å². The lowest BCUT2D eigenvalue weighted by molar-refractivity contribution is -0.384. The fraction of sp³-hybridized carbons (Fsp3) is 0.240. The van der Waals surface area contributed by atoms with Crippen molar-refractivity contribution in [1.82, 2.24) is 0 Å². The highest BCUT2D eigenvalue weighted by Crippen LogP contribution is 2.52. The van der Waals surface area contributed by atoms with Gasteiger partial charge in [-0.25, -0.2) is 0 Å². The number of allylic oxidation sites excluding steroid dienone is 2. The third-order valence-corrected chi connectivity index (χ3v) is 6.11. The number of ether oxygens (including phenoxy) is 1. The average Bonchev–Trinajstić information content (AvgIpc) is 2.71. The molecule has 1 unspecified atom stereocenters. The summed E-state index contributed by atoms with van der Waals surface area (Å²) in [6.07, 6.45) is 0.989. The van der Waals surface area contributed by atoms with Crippen LogP contribution in [0.5, 0.6) is 11.5 Å². The number of aromatic hydroxyl groups is 1. The van der Waals surface area contributed by atoms with Crippen LogP contribution in [0.2, 0.25) is 0 Å². The highest BCUT2D eigenvalue weighted by Gasteiger charge is 2.42. The molecule has 0 saturated heterocycles. The zero-order valence-corrected chi connectivity index (χ0v) is 17.2. The first-order chi connectivity index (χ1) is 14.7. The van der Waals surface area contributed by atoms with Crippen LogP contribution < -0.4 is 4.74 Å². The van der Waals surface area contributed by atoms with E-state index in [-0.39, 0.29) is 22.6 Å². The summed E-state index contributed by atoms with van der Waals surface area (Å²) < 4.78 is 6.26. The zero-order valence-electron chi connectivity index (χ0n) is 17.2. The largest absolute Gasteiger partial charge is 0.508 e. The topological polar surface area (TPSA) is 89.7 Å². The summed E-state index contributed by atoms with van der Waals surface area (Å²) in [5.74, 6) is 0.830. The van der Waals surface area contributed by atoms with Crippen LogP contribution in [-0.2, 0) is 4.79 Å². The number of nitrogens with zero attached hydrogens (tertiary/aromatic N) is 1. The molecule has 2 aliphatic rings. The van der Waals surface area contributed by atoms with Crippen molar-refractivity contribution in [2.45, 2.75) is 32.6 Å². The Bertz CT molecular complexity index is 1300. The Morgan fingerprint density at radius 1 is 1.10 bits per heavy atom. The van der Waals surface area contributed by atoms with E-state index in [9.17, 15) is 20.0 Å². The number of carbonyl (C=O) groups excluding carboxylic acids is 1. The quantitative estimate of drug-likeness (QED) is 0.433. The number of nitro benzene ring substituents is 1. The minimum absolute atomic E-state index is 0.00874. The summed E-state index contributed by atoms with van der Waals surface area (Å²) in [7, 11) is 0. The summed E-state index contributed by atoms with van der Waals surface area (Å²) in [6.45, 7) is 4.07. The Morgan fingerprint density at radius 2 is 1.87 bits per heavy atom. The van der Waals surface area contributed by atoms with Crippen molar-refractivity contribution in [2.75, 3.05) is 0 Å². The maximum atomic E-state index is 13.3. The maximum Gasteiger partial charge on any atom is 0.269 e. The molecule has 3 aromatic rings. The van der Waals surface area contributed by atoms with E-state index in [4.69, 9.17) is 4.74 Å². The van der Waals surface area contributed by atoms with Gasteiger partial charge in [0.1, 0.15) is 17.3 Å². The molecule has 0 fully saturated rings. The van der Waals surface area contributed by atoms with Gasteiger partial charge < -0.3 is 9.84 Å². The summed E-state index contributed by atoms with van der Waals surface area (Å²) in [4.78, 5) is 24.3. The van der Waals surface area contributed by atoms with Gasteiger partial charge in [-0.15, -0.1) is 0 Å². The number of benzene rings is 3. The second-order valence-corrected chi connectivity index (χ2v) is 9.05. The fourth-order valence-corrected chi connectivity index (χ4v) is 4.82. The van der Waals surface area contributed by atoms with Crippen molar-refractivity contribution in [3.8, 4) is 11.5 Å². The maximum absolute atomic E-state index is 13.3. The summed E-state index contributed by atoms with van der Waals surface area (Å²) in [5, 5.41) is 23.2. The van der Waals surface area contributed by atoms with E-state index >= 15 is 0 Å². The van der Waals surface area contributed by atoms with Gasteiger partial charge in [0, 0.05) is 42.0 Å². The van der Waals surface area contributed by atoms with Gasteiger partial charge in [-0.3, -0.25) is 14.9 Å². The highest BCUT2D eigenvalue weighted by atomic mass is 16.6. The number of rotatable bonds is 2. The standard InChI is InChI=1S/C25H21NO5/c1-25(2)12-19(28)24-21(13-25)31-20-9-7-14-6-8-17(27)11-18(14)23(20)22(24)15-4-3-5-16(10-15)26(29)30/h3-11,22,27H,12-13H2,1-2H3. The molecule has 0 amide bonds. The van der Waals surface area contributed by atoms with Gasteiger partial charge in [0.05, 0.1) is 4.92 Å². The molecule has 6 nitrogen and oxygen atoms in total. The van der Waals surface area contributed by atoms with Crippen molar-refractivity contribution in [1.29, 1.82) is 0 Å². The molecule has 156 valence electrons. The lowest BCUT2D eigenvalue weighted by Crippen LogP contribution is -2.33. The van der Waals surface area contributed by atoms with Crippen LogP contribution in [0.15, 0.2) is 65.9 Å². The Kier molecular flexibility index (Phi) is 4.15. The van der Waals surface area contributed by atoms with Crippen LogP contribution in [0.4, 0.5) is 5.69 Å². The summed E-state index contributed by atoms with van der Waals surface area (Å²) in [6, 6.07) is 15.3. The van der Waals surface area contributed by atoms with Gasteiger partial charge in [-0.1, -0.05) is 38.1 Å². The van der Waals surface area contributed by atoms with E-state index in [0.717, 1.165) is 16.3 Å². The molecule has 0 spiro atoms. The fourth-order valence-electron chi connectivity index (χ4n) is 4.82. The van der Waals surface area contributed by atoms with Gasteiger partial charge in [0.15, 0.2) is 5.78 Å². The molecule has 31 heavy (non-hydrogen) atoms. The summed E-state index contributed by atoms with van der Waals surface area (Å²) >= 11 is 0. The van der Waals surface area contributed by atoms with Crippen LogP contribution >= 0.6 is 0 Å². The third-order valence-electron chi connectivity index (χ3n) is 6.11. The molecule has 6 heteroatoms. The van der Waals surface area contributed by atoms with Gasteiger partial charge in [0.2, 0.25) is 0 Å². The molecule has 1 N–H and O–H groups in total. The number of ketones is 1. The van der Waals surface area contributed by atoms with Crippen molar-refractivity contribution >= 4 is 22.2 Å². The number of carbonyl (C=O) groups is 1. The molecule has 1 atom stereocenters. The van der Waals surface area contributed by atoms with Gasteiger partial charge in [0.25, 0.3) is 5.69 Å². The Balaban J connectivity index is 1.83. The molecule has 3 aromatic carbocycles. The van der Waals surface area contributed by atoms with Crippen LogP contribution in [0.3, 0.4) is 0 Å². The highest BCUT2D eigenvalue weighted by molar-refractivity contribution is 6.02. The minimum Gasteiger partial charge on any atom is -0.508 e. The average molecular weight is 415 g/mol. The molecule has 0 aromatic heterocycles. The SMILES string of the molecule is CC1(C)CC(=O)C2=C(C1)Oc1ccc3ccc(O)cc3c1C2c1cccc([N+](=O)[O-])c1. The van der Waals surface area contributed by atoms with Crippen molar-refractivity contribution in [2.24, 2.45) is 5.41 Å². The van der Waals surface area contributed by atoms with E-state index in [2.05, 4.69) is 0 Å². The first-order valence-electron chi connectivity index (χ1n) is 10.2.